The van der Waals surface area contributed by atoms with Crippen molar-refractivity contribution in [1.29, 1.82) is 0 Å². The topological polar surface area (TPSA) is 15.3 Å². The van der Waals surface area contributed by atoms with E-state index >= 15 is 0 Å². The lowest BCUT2D eigenvalue weighted by Crippen LogP contribution is -2.50. The summed E-state index contributed by atoms with van der Waals surface area (Å²) in [6.07, 6.45) is 0. The second-order valence-electron chi connectivity index (χ2n) is 4.57. The van der Waals surface area contributed by atoms with Crippen molar-refractivity contribution in [2.45, 2.75) is 19.5 Å². The van der Waals surface area contributed by atoms with Gasteiger partial charge in [-0.15, -0.1) is 0 Å². The van der Waals surface area contributed by atoms with E-state index in [-0.39, 0.29) is 0 Å². The van der Waals surface area contributed by atoms with Crippen LogP contribution in [-0.4, -0.2) is 30.6 Å². The average Bonchev–Trinajstić information content (AvgIpc) is 2.30. The Labute approximate surface area is 98.0 Å². The van der Waals surface area contributed by atoms with Crippen molar-refractivity contribution in [2.24, 2.45) is 0 Å². The zero-order valence-corrected chi connectivity index (χ0v) is 9.95. The molecule has 16 heavy (non-hydrogen) atoms. The fraction of sp³-hybridized carbons (Fsp3) is 0.429. The monoisotopic (exact) mass is 216 g/mol. The highest BCUT2D eigenvalue weighted by atomic mass is 15.2. The van der Waals surface area contributed by atoms with E-state index in [9.17, 15) is 0 Å². The van der Waals surface area contributed by atoms with Crippen molar-refractivity contribution < 1.29 is 0 Å². The first-order valence-electron chi connectivity index (χ1n) is 5.91. The van der Waals surface area contributed by atoms with Gasteiger partial charge in [0.05, 0.1) is 0 Å². The van der Waals surface area contributed by atoms with Crippen LogP contribution >= 0.6 is 0 Å². The van der Waals surface area contributed by atoms with Crippen molar-refractivity contribution in [1.82, 2.24) is 10.2 Å². The van der Waals surface area contributed by atoms with Gasteiger partial charge in [0, 0.05) is 32.2 Å². The lowest BCUT2D eigenvalue weighted by Gasteiger charge is -2.34. The van der Waals surface area contributed by atoms with Gasteiger partial charge in [-0.2, -0.15) is 0 Å². The molecule has 0 aliphatic carbocycles. The second-order valence-corrected chi connectivity index (χ2v) is 4.57. The molecule has 0 saturated carbocycles. The summed E-state index contributed by atoms with van der Waals surface area (Å²) < 4.78 is 0. The van der Waals surface area contributed by atoms with Gasteiger partial charge in [-0.3, -0.25) is 4.90 Å². The summed E-state index contributed by atoms with van der Waals surface area (Å²) in [5.74, 6) is 0. The summed E-state index contributed by atoms with van der Waals surface area (Å²) in [5, 5.41) is 3.49. The molecule has 1 aromatic rings. The molecule has 1 aliphatic heterocycles. The van der Waals surface area contributed by atoms with Gasteiger partial charge in [-0.05, 0) is 12.5 Å². The van der Waals surface area contributed by atoms with Gasteiger partial charge >= 0.3 is 0 Å². The maximum Gasteiger partial charge on any atom is 0.0403 e. The van der Waals surface area contributed by atoms with E-state index in [0.717, 1.165) is 26.2 Å². The van der Waals surface area contributed by atoms with Crippen LogP contribution in [0.2, 0.25) is 0 Å². The first-order valence-corrected chi connectivity index (χ1v) is 5.91. The number of hydrogen-bond donors (Lipinski definition) is 1. The smallest absolute Gasteiger partial charge is 0.0403 e. The summed E-state index contributed by atoms with van der Waals surface area (Å²) in [6, 6.07) is 11.1. The molecule has 0 spiro atoms. The fourth-order valence-corrected chi connectivity index (χ4v) is 2.13. The number of benzene rings is 1. The molecule has 1 aromatic carbocycles. The van der Waals surface area contributed by atoms with Crippen LogP contribution in [0.5, 0.6) is 0 Å². The summed E-state index contributed by atoms with van der Waals surface area (Å²) in [6.45, 7) is 10.4. The Balaban J connectivity index is 1.93. The Kier molecular flexibility index (Phi) is 3.75. The molecule has 2 nitrogen and oxygen atoms in total. The van der Waals surface area contributed by atoms with E-state index in [1.165, 1.54) is 11.1 Å². The highest BCUT2D eigenvalue weighted by Gasteiger charge is 2.19. The minimum Gasteiger partial charge on any atom is -0.308 e. The van der Waals surface area contributed by atoms with Gasteiger partial charge in [0.15, 0.2) is 0 Å². The lowest BCUT2D eigenvalue weighted by molar-refractivity contribution is 0.205. The van der Waals surface area contributed by atoms with Gasteiger partial charge in [-0.1, -0.05) is 42.5 Å². The number of nitrogens with zero attached hydrogens (tertiary/aromatic N) is 1. The Morgan fingerprint density at radius 3 is 2.88 bits per heavy atom. The molecule has 1 saturated heterocycles. The van der Waals surface area contributed by atoms with Crippen LogP contribution in [-0.2, 0) is 6.54 Å². The molecular formula is C14H20N2. The van der Waals surface area contributed by atoms with Gasteiger partial charge in [-0.25, -0.2) is 0 Å². The standard InChI is InChI=1S/C14H20N2/c1-12(2)14-11-16(9-8-15-14)10-13-6-4-3-5-7-13/h3-7,14-15H,1,8-11H2,2H3. The normalized spacial score (nSPS) is 21.9. The molecule has 0 aromatic heterocycles. The van der Waals surface area contributed by atoms with Gasteiger partial charge in [0.1, 0.15) is 0 Å². The summed E-state index contributed by atoms with van der Waals surface area (Å²) in [7, 11) is 0. The van der Waals surface area contributed by atoms with Crippen molar-refractivity contribution >= 4 is 0 Å². The fourth-order valence-electron chi connectivity index (χ4n) is 2.13. The summed E-state index contributed by atoms with van der Waals surface area (Å²) >= 11 is 0. The first kappa shape index (κ1) is 11.4. The van der Waals surface area contributed by atoms with E-state index < -0.39 is 0 Å². The lowest BCUT2D eigenvalue weighted by atomic mass is 10.1. The van der Waals surface area contributed by atoms with Crippen molar-refractivity contribution in [3.8, 4) is 0 Å². The van der Waals surface area contributed by atoms with Crippen LogP contribution in [0.1, 0.15) is 12.5 Å². The molecule has 0 radical (unpaired) electrons. The maximum atomic E-state index is 4.03. The third kappa shape index (κ3) is 2.94. The highest BCUT2D eigenvalue weighted by molar-refractivity contribution is 5.15. The third-order valence-electron chi connectivity index (χ3n) is 3.10. The minimum absolute atomic E-state index is 0.456. The number of nitrogens with one attached hydrogen (secondary N) is 1. The Bertz CT molecular complexity index is 345. The molecule has 1 aliphatic rings. The SMILES string of the molecule is C=C(C)C1CN(Cc2ccccc2)CCN1. The molecule has 0 bridgehead atoms. The molecule has 1 unspecified atom stereocenters. The molecule has 86 valence electrons. The zero-order valence-electron chi connectivity index (χ0n) is 9.95. The van der Waals surface area contributed by atoms with Crippen LogP contribution in [0, 0.1) is 0 Å². The molecule has 1 fully saturated rings. The van der Waals surface area contributed by atoms with Crippen LogP contribution in [0.25, 0.3) is 0 Å². The van der Waals surface area contributed by atoms with Crippen molar-refractivity contribution in [2.75, 3.05) is 19.6 Å². The van der Waals surface area contributed by atoms with E-state index in [4.69, 9.17) is 0 Å². The van der Waals surface area contributed by atoms with E-state index in [2.05, 4.69) is 54.1 Å². The molecule has 0 amide bonds. The minimum atomic E-state index is 0.456. The third-order valence-corrected chi connectivity index (χ3v) is 3.10. The molecule has 2 rings (SSSR count). The van der Waals surface area contributed by atoms with Crippen LogP contribution in [0.4, 0.5) is 0 Å². The van der Waals surface area contributed by atoms with E-state index in [1.54, 1.807) is 0 Å². The van der Waals surface area contributed by atoms with Gasteiger partial charge in [0.25, 0.3) is 0 Å². The first-order chi connectivity index (χ1) is 7.75. The quantitative estimate of drug-likeness (QED) is 0.778. The van der Waals surface area contributed by atoms with E-state index in [1.807, 2.05) is 0 Å². The van der Waals surface area contributed by atoms with Gasteiger partial charge in [0.2, 0.25) is 0 Å². The van der Waals surface area contributed by atoms with Crippen LogP contribution < -0.4 is 5.32 Å². The van der Waals surface area contributed by atoms with Crippen LogP contribution in [0.3, 0.4) is 0 Å². The Morgan fingerprint density at radius 1 is 1.44 bits per heavy atom. The molecule has 1 heterocycles. The van der Waals surface area contributed by atoms with Crippen molar-refractivity contribution in [3.05, 3.63) is 48.0 Å². The van der Waals surface area contributed by atoms with E-state index in [0.29, 0.717) is 6.04 Å². The Morgan fingerprint density at radius 2 is 2.19 bits per heavy atom. The maximum absolute atomic E-state index is 4.03. The Hall–Kier alpha value is -1.12. The zero-order chi connectivity index (χ0) is 11.4. The largest absolute Gasteiger partial charge is 0.308 e. The second kappa shape index (κ2) is 5.28. The summed E-state index contributed by atoms with van der Waals surface area (Å²) in [4.78, 5) is 2.49. The summed E-state index contributed by atoms with van der Waals surface area (Å²) in [5.41, 5.74) is 2.63. The highest BCUT2D eigenvalue weighted by Crippen LogP contribution is 2.10. The number of hydrogen-bond acceptors (Lipinski definition) is 2. The molecule has 2 heteroatoms. The number of piperazine rings is 1. The van der Waals surface area contributed by atoms with Crippen molar-refractivity contribution in [3.63, 3.8) is 0 Å². The predicted octanol–water partition coefficient (Wildman–Crippen LogP) is 2.04. The number of rotatable bonds is 3. The van der Waals surface area contributed by atoms with Gasteiger partial charge < -0.3 is 5.32 Å². The predicted molar refractivity (Wildman–Crippen MR) is 68.3 cm³/mol. The molecule has 1 atom stereocenters. The van der Waals surface area contributed by atoms with Crippen LogP contribution in [0.15, 0.2) is 42.5 Å². The molecule has 1 N–H and O–H groups in total. The molecular weight excluding hydrogens is 196 g/mol. The average molecular weight is 216 g/mol.